The number of nitrogens with one attached hydrogen (secondary N) is 3. The van der Waals surface area contributed by atoms with Crippen molar-refractivity contribution >= 4 is 38.3 Å². The summed E-state index contributed by atoms with van der Waals surface area (Å²) in [7, 11) is -1.25. The van der Waals surface area contributed by atoms with E-state index in [4.69, 9.17) is 9.73 Å². The standard InChI is InChI=1S/C24H27BrN6O2S/c25-21-17-26-31-23(16-22(29-24(21)31)18-4-2-1-3-5-18)28-19-6-8-20(9-7-19)34(32)27-10-11-30-12-14-33-15-13-30/h1-9,16,26-28H,10-15,17H2. The molecule has 34 heavy (non-hydrogen) atoms. The molecule has 0 saturated carbocycles. The van der Waals surface area contributed by atoms with Gasteiger partial charge in [-0.1, -0.05) is 46.3 Å². The second-order valence-electron chi connectivity index (χ2n) is 8.06. The van der Waals surface area contributed by atoms with Crippen LogP contribution in [0.5, 0.6) is 0 Å². The molecule has 178 valence electrons. The van der Waals surface area contributed by atoms with Crippen molar-refractivity contribution in [2.24, 2.45) is 4.99 Å². The van der Waals surface area contributed by atoms with E-state index in [2.05, 4.69) is 48.4 Å². The van der Waals surface area contributed by atoms with Crippen molar-refractivity contribution in [2.45, 2.75) is 4.90 Å². The number of ether oxygens (including phenoxy) is 1. The highest BCUT2D eigenvalue weighted by atomic mass is 79.9. The Morgan fingerprint density at radius 3 is 2.62 bits per heavy atom. The molecule has 5 rings (SSSR count). The summed E-state index contributed by atoms with van der Waals surface area (Å²) < 4.78 is 22.1. The largest absolute Gasteiger partial charge is 0.379 e. The number of benzene rings is 2. The van der Waals surface area contributed by atoms with Crippen molar-refractivity contribution in [3.63, 3.8) is 0 Å². The summed E-state index contributed by atoms with van der Waals surface area (Å²) in [6.45, 7) is 5.62. The predicted molar refractivity (Wildman–Crippen MR) is 139 cm³/mol. The van der Waals surface area contributed by atoms with Crippen LogP contribution in [0.1, 0.15) is 5.56 Å². The molecule has 3 aliphatic rings. The summed E-state index contributed by atoms with van der Waals surface area (Å²) >= 11 is 3.63. The molecule has 2 aromatic rings. The second-order valence-corrected chi connectivity index (χ2v) is 10.3. The molecule has 1 fully saturated rings. The fourth-order valence-electron chi connectivity index (χ4n) is 3.94. The zero-order valence-electron chi connectivity index (χ0n) is 18.7. The van der Waals surface area contributed by atoms with Crippen molar-refractivity contribution in [2.75, 3.05) is 51.3 Å². The third-order valence-electron chi connectivity index (χ3n) is 5.76. The summed E-state index contributed by atoms with van der Waals surface area (Å²) in [5.41, 5.74) is 6.17. The minimum Gasteiger partial charge on any atom is -0.379 e. The fourth-order valence-corrected chi connectivity index (χ4v) is 5.16. The molecule has 0 aromatic heterocycles. The van der Waals surface area contributed by atoms with Crippen LogP contribution in [-0.2, 0) is 15.7 Å². The topological polar surface area (TPSA) is 81.2 Å². The molecular formula is C24H27BrN6O2S. The van der Waals surface area contributed by atoms with Crippen LogP contribution in [0.25, 0.3) is 0 Å². The first-order valence-corrected chi connectivity index (χ1v) is 13.2. The minimum absolute atomic E-state index is 0.672. The van der Waals surface area contributed by atoms with Crippen molar-refractivity contribution < 1.29 is 8.95 Å². The highest BCUT2D eigenvalue weighted by Crippen LogP contribution is 2.30. The van der Waals surface area contributed by atoms with Crippen LogP contribution in [-0.4, -0.2) is 65.8 Å². The van der Waals surface area contributed by atoms with Gasteiger partial charge in [-0.15, -0.1) is 0 Å². The lowest BCUT2D eigenvalue weighted by atomic mass is 10.1. The van der Waals surface area contributed by atoms with Gasteiger partial charge < -0.3 is 10.1 Å². The van der Waals surface area contributed by atoms with Crippen LogP contribution in [0.3, 0.4) is 0 Å². The maximum Gasteiger partial charge on any atom is 0.161 e. The molecule has 0 spiro atoms. The van der Waals surface area contributed by atoms with E-state index in [0.29, 0.717) is 13.1 Å². The number of rotatable bonds is 8. The molecule has 3 N–H and O–H groups in total. The summed E-state index contributed by atoms with van der Waals surface area (Å²) in [5, 5.41) is 5.42. The molecule has 8 nitrogen and oxygen atoms in total. The Morgan fingerprint density at radius 2 is 1.85 bits per heavy atom. The zero-order valence-corrected chi connectivity index (χ0v) is 21.1. The highest BCUT2D eigenvalue weighted by Gasteiger charge is 2.28. The van der Waals surface area contributed by atoms with Gasteiger partial charge in [-0.25, -0.2) is 24.4 Å². The number of halogens is 1. The molecule has 0 amide bonds. The first kappa shape index (κ1) is 23.4. The number of nitrogens with zero attached hydrogens (tertiary/aromatic N) is 3. The first-order chi connectivity index (χ1) is 16.7. The van der Waals surface area contributed by atoms with Crippen LogP contribution in [0, 0.1) is 0 Å². The number of morpholine rings is 1. The molecule has 1 atom stereocenters. The van der Waals surface area contributed by atoms with Gasteiger partial charge in [0.25, 0.3) is 0 Å². The lowest BCUT2D eigenvalue weighted by molar-refractivity contribution is 0.0390. The van der Waals surface area contributed by atoms with Gasteiger partial charge >= 0.3 is 0 Å². The molecule has 1 unspecified atom stereocenters. The number of anilines is 1. The monoisotopic (exact) mass is 542 g/mol. The lowest BCUT2D eigenvalue weighted by Crippen LogP contribution is -2.40. The van der Waals surface area contributed by atoms with E-state index < -0.39 is 11.0 Å². The first-order valence-electron chi connectivity index (χ1n) is 11.3. The van der Waals surface area contributed by atoms with Crippen LogP contribution in [0.2, 0.25) is 0 Å². The van der Waals surface area contributed by atoms with Gasteiger partial charge in [-0.3, -0.25) is 4.90 Å². The number of allylic oxidation sites excluding steroid dienone is 1. The zero-order chi connectivity index (χ0) is 23.3. The van der Waals surface area contributed by atoms with Gasteiger partial charge in [0, 0.05) is 43.5 Å². The third kappa shape index (κ3) is 5.48. The van der Waals surface area contributed by atoms with Gasteiger partial charge in [0.05, 0.1) is 34.8 Å². The summed E-state index contributed by atoms with van der Waals surface area (Å²) in [6, 6.07) is 17.8. The van der Waals surface area contributed by atoms with Crippen molar-refractivity contribution in [1.82, 2.24) is 20.1 Å². The molecule has 10 heteroatoms. The Hall–Kier alpha value is -2.34. The predicted octanol–water partition coefficient (Wildman–Crippen LogP) is 2.77. The molecule has 0 bridgehead atoms. The van der Waals surface area contributed by atoms with E-state index in [-0.39, 0.29) is 0 Å². The highest BCUT2D eigenvalue weighted by molar-refractivity contribution is 9.11. The van der Waals surface area contributed by atoms with Crippen molar-refractivity contribution in [1.29, 1.82) is 0 Å². The fraction of sp³-hybridized carbons (Fsp3) is 0.292. The van der Waals surface area contributed by atoms with E-state index in [0.717, 1.165) is 70.8 Å². The Bertz CT molecular complexity index is 1130. The molecule has 3 heterocycles. The van der Waals surface area contributed by atoms with E-state index in [9.17, 15) is 4.21 Å². The lowest BCUT2D eigenvalue weighted by Gasteiger charge is -2.28. The van der Waals surface area contributed by atoms with Crippen LogP contribution in [0.15, 0.2) is 86.7 Å². The SMILES string of the molecule is O=S(NCCN1CCOCC1)c1ccc(NC2=CC(c3ccccc3)=NC3=C(Br)CNN23)cc1. The molecule has 3 aliphatic heterocycles. The number of hydrogen-bond acceptors (Lipinski definition) is 7. The van der Waals surface area contributed by atoms with Crippen molar-refractivity contribution in [3.8, 4) is 0 Å². The van der Waals surface area contributed by atoms with Gasteiger partial charge in [-0.05, 0) is 24.3 Å². The Balaban J connectivity index is 1.24. The average molecular weight is 543 g/mol. The second kappa shape index (κ2) is 10.9. The summed E-state index contributed by atoms with van der Waals surface area (Å²) in [6.07, 6.45) is 2.02. The molecule has 0 radical (unpaired) electrons. The van der Waals surface area contributed by atoms with Gasteiger partial charge in [0.2, 0.25) is 0 Å². The quantitative estimate of drug-likeness (QED) is 0.476. The third-order valence-corrected chi connectivity index (χ3v) is 7.56. The summed E-state index contributed by atoms with van der Waals surface area (Å²) in [4.78, 5) is 7.89. The normalized spacial score (nSPS) is 19.5. The van der Waals surface area contributed by atoms with E-state index in [1.807, 2.05) is 53.5 Å². The molecular weight excluding hydrogens is 516 g/mol. The van der Waals surface area contributed by atoms with Gasteiger partial charge in [-0.2, -0.15) is 0 Å². The Kier molecular flexibility index (Phi) is 7.53. The van der Waals surface area contributed by atoms with Crippen LogP contribution < -0.4 is 15.5 Å². The van der Waals surface area contributed by atoms with Crippen LogP contribution >= 0.6 is 15.9 Å². The maximum absolute atomic E-state index is 12.7. The smallest absolute Gasteiger partial charge is 0.161 e. The van der Waals surface area contributed by atoms with Crippen molar-refractivity contribution in [3.05, 3.63) is 82.4 Å². The Morgan fingerprint density at radius 1 is 1.09 bits per heavy atom. The number of aliphatic imine (C=N–C) groups is 1. The molecule has 2 aromatic carbocycles. The minimum atomic E-state index is -1.25. The average Bonchev–Trinajstić information content (AvgIpc) is 3.26. The maximum atomic E-state index is 12.7. The van der Waals surface area contributed by atoms with E-state index in [1.165, 1.54) is 0 Å². The van der Waals surface area contributed by atoms with Crippen LogP contribution in [0.4, 0.5) is 5.69 Å². The summed E-state index contributed by atoms with van der Waals surface area (Å²) in [5.74, 6) is 1.71. The van der Waals surface area contributed by atoms with Gasteiger partial charge in [0.15, 0.2) is 5.82 Å². The molecule has 1 saturated heterocycles. The Labute approximate surface area is 210 Å². The van der Waals surface area contributed by atoms with E-state index in [1.54, 1.807) is 0 Å². The van der Waals surface area contributed by atoms with E-state index >= 15 is 0 Å². The van der Waals surface area contributed by atoms with Gasteiger partial charge in [0.1, 0.15) is 16.8 Å². The number of hydrogen-bond donors (Lipinski definition) is 3. The molecule has 0 aliphatic carbocycles. The number of fused-ring (bicyclic) bond motifs is 1. The number of hydrazine groups is 1.